The van der Waals surface area contributed by atoms with E-state index in [4.69, 9.17) is 0 Å². The Kier molecular flexibility index (Phi) is 7.46. The molecule has 5 aromatic rings. The van der Waals surface area contributed by atoms with E-state index in [0.717, 1.165) is 19.3 Å². The minimum Gasteiger partial charge on any atom is -0.0654 e. The predicted molar refractivity (Wildman–Crippen MR) is 168 cm³/mol. The number of aryl methyl sites for hydroxylation is 1. The first-order valence-electron chi connectivity index (χ1n) is 14.8. The van der Waals surface area contributed by atoms with Crippen LogP contribution in [0.3, 0.4) is 0 Å². The van der Waals surface area contributed by atoms with E-state index >= 15 is 0 Å². The Morgan fingerprint density at radius 2 is 1.00 bits per heavy atom. The zero-order valence-corrected chi connectivity index (χ0v) is 23.3. The molecule has 0 saturated carbocycles. The Morgan fingerprint density at radius 3 is 1.59 bits per heavy atom. The summed E-state index contributed by atoms with van der Waals surface area (Å²) in [6.07, 6.45) is 8.08. The number of hydrogen-bond donors (Lipinski definition) is 0. The molecule has 0 amide bonds. The summed E-state index contributed by atoms with van der Waals surface area (Å²) in [5, 5.41) is 0. The van der Waals surface area contributed by atoms with E-state index in [1.807, 2.05) is 0 Å². The van der Waals surface area contributed by atoms with Gasteiger partial charge in [-0.1, -0.05) is 136 Å². The van der Waals surface area contributed by atoms with Crippen LogP contribution >= 0.6 is 0 Å². The maximum Gasteiger partial charge on any atom is -0.000685 e. The van der Waals surface area contributed by atoms with Gasteiger partial charge >= 0.3 is 0 Å². The summed E-state index contributed by atoms with van der Waals surface area (Å²) in [5.41, 5.74) is 17.3. The van der Waals surface area contributed by atoms with Gasteiger partial charge in [0, 0.05) is 0 Å². The fourth-order valence-corrected chi connectivity index (χ4v) is 6.57. The van der Waals surface area contributed by atoms with Crippen molar-refractivity contribution in [3.05, 3.63) is 131 Å². The predicted octanol–water partition coefficient (Wildman–Crippen LogP) is 10.9. The normalized spacial score (nSPS) is 11.8. The molecule has 0 aromatic heterocycles. The van der Waals surface area contributed by atoms with Crippen LogP contribution in [0.2, 0.25) is 0 Å². The standard InChI is InChI=1S/C39H38/c1-3-5-17-28-24-16-25-32-27-34-37(30-20-12-8-13-21-30)38(31-22-14-9-15-23-31)36(29-18-10-7-11-19-29)33(26-6-4-2)39(34)35(28)32/h7-16,18-25H,3-6,17,26-27H2,1-2H3. The van der Waals surface area contributed by atoms with Gasteiger partial charge < -0.3 is 0 Å². The molecule has 0 N–H and O–H groups in total. The largest absolute Gasteiger partial charge is 0.0654 e. The molecule has 0 heterocycles. The summed E-state index contributed by atoms with van der Waals surface area (Å²) in [5.74, 6) is 0. The Morgan fingerprint density at radius 1 is 0.462 bits per heavy atom. The van der Waals surface area contributed by atoms with Gasteiger partial charge in [-0.3, -0.25) is 0 Å². The number of hydrogen-bond acceptors (Lipinski definition) is 0. The second-order valence-electron chi connectivity index (χ2n) is 10.9. The fraction of sp³-hybridized carbons (Fsp3) is 0.231. The van der Waals surface area contributed by atoms with Crippen LogP contribution in [-0.2, 0) is 19.3 Å². The number of unbranched alkanes of at least 4 members (excludes halogenated alkanes) is 2. The van der Waals surface area contributed by atoms with Gasteiger partial charge in [0.2, 0.25) is 0 Å². The van der Waals surface area contributed by atoms with Crippen molar-refractivity contribution in [1.82, 2.24) is 0 Å². The van der Waals surface area contributed by atoms with Gasteiger partial charge in [0.1, 0.15) is 0 Å². The summed E-state index contributed by atoms with van der Waals surface area (Å²) >= 11 is 0. The second kappa shape index (κ2) is 11.5. The van der Waals surface area contributed by atoms with Crippen LogP contribution < -0.4 is 0 Å². The monoisotopic (exact) mass is 506 g/mol. The highest BCUT2D eigenvalue weighted by Crippen LogP contribution is 2.54. The number of fused-ring (bicyclic) bond motifs is 3. The van der Waals surface area contributed by atoms with Gasteiger partial charge in [-0.15, -0.1) is 0 Å². The molecule has 0 heteroatoms. The molecule has 0 spiro atoms. The quantitative estimate of drug-likeness (QED) is 0.183. The molecular formula is C39H38. The molecule has 0 radical (unpaired) electrons. The first-order valence-corrected chi connectivity index (χ1v) is 14.8. The van der Waals surface area contributed by atoms with Crippen molar-refractivity contribution in [1.29, 1.82) is 0 Å². The minimum atomic E-state index is 1.00. The summed E-state index contributed by atoms with van der Waals surface area (Å²) < 4.78 is 0. The van der Waals surface area contributed by atoms with Gasteiger partial charge in [-0.05, 0) is 98.9 Å². The molecule has 0 nitrogen and oxygen atoms in total. The summed E-state index contributed by atoms with van der Waals surface area (Å²) in [7, 11) is 0. The molecule has 39 heavy (non-hydrogen) atoms. The second-order valence-corrected chi connectivity index (χ2v) is 10.9. The average Bonchev–Trinajstić information content (AvgIpc) is 3.39. The van der Waals surface area contributed by atoms with Crippen molar-refractivity contribution < 1.29 is 0 Å². The lowest BCUT2D eigenvalue weighted by molar-refractivity contribution is 0.792. The van der Waals surface area contributed by atoms with Crippen molar-refractivity contribution in [3.8, 4) is 44.5 Å². The maximum absolute atomic E-state index is 2.39. The van der Waals surface area contributed by atoms with E-state index in [9.17, 15) is 0 Å². The third kappa shape index (κ3) is 4.74. The molecule has 5 aromatic carbocycles. The first-order chi connectivity index (χ1) is 19.3. The molecular weight excluding hydrogens is 468 g/mol. The Hall–Kier alpha value is -3.90. The van der Waals surface area contributed by atoms with E-state index in [-0.39, 0.29) is 0 Å². The molecule has 0 unspecified atom stereocenters. The van der Waals surface area contributed by atoms with Gasteiger partial charge in [-0.2, -0.15) is 0 Å². The van der Waals surface area contributed by atoms with E-state index < -0.39 is 0 Å². The van der Waals surface area contributed by atoms with Crippen molar-refractivity contribution in [2.75, 3.05) is 0 Å². The van der Waals surface area contributed by atoms with Gasteiger partial charge in [-0.25, -0.2) is 0 Å². The molecule has 0 aliphatic heterocycles. The van der Waals surface area contributed by atoms with Crippen LogP contribution in [0.4, 0.5) is 0 Å². The van der Waals surface area contributed by atoms with Crippen molar-refractivity contribution >= 4 is 0 Å². The van der Waals surface area contributed by atoms with Crippen molar-refractivity contribution in [2.45, 2.75) is 58.8 Å². The summed E-state index contributed by atoms with van der Waals surface area (Å²) in [6, 6.07) is 40.5. The van der Waals surface area contributed by atoms with Crippen LogP contribution in [-0.4, -0.2) is 0 Å². The van der Waals surface area contributed by atoms with E-state index in [1.165, 1.54) is 86.9 Å². The fourth-order valence-electron chi connectivity index (χ4n) is 6.57. The van der Waals surface area contributed by atoms with Crippen LogP contribution in [0.15, 0.2) is 109 Å². The zero-order valence-electron chi connectivity index (χ0n) is 23.3. The third-order valence-corrected chi connectivity index (χ3v) is 8.33. The molecule has 194 valence electrons. The summed E-state index contributed by atoms with van der Waals surface area (Å²) in [4.78, 5) is 0. The highest BCUT2D eigenvalue weighted by Gasteiger charge is 2.32. The zero-order chi connectivity index (χ0) is 26.6. The maximum atomic E-state index is 2.39. The molecule has 6 rings (SSSR count). The molecule has 0 atom stereocenters. The number of benzene rings is 5. The van der Waals surface area contributed by atoms with Crippen molar-refractivity contribution in [2.24, 2.45) is 0 Å². The SMILES string of the molecule is CCCCc1cccc2c1-c1c(CCCC)c(-c3ccccc3)c(-c3ccccc3)c(-c3ccccc3)c1C2. The highest BCUT2D eigenvalue weighted by molar-refractivity contribution is 6.04. The van der Waals surface area contributed by atoms with Gasteiger partial charge in [0.15, 0.2) is 0 Å². The molecule has 1 aliphatic rings. The Balaban J connectivity index is 1.79. The summed E-state index contributed by atoms with van der Waals surface area (Å²) in [6.45, 7) is 4.62. The lowest BCUT2D eigenvalue weighted by atomic mass is 9.77. The lowest BCUT2D eigenvalue weighted by Gasteiger charge is -2.26. The van der Waals surface area contributed by atoms with Gasteiger partial charge in [0.05, 0.1) is 0 Å². The molecule has 0 fully saturated rings. The topological polar surface area (TPSA) is 0 Å². The van der Waals surface area contributed by atoms with Crippen LogP contribution in [0.5, 0.6) is 0 Å². The van der Waals surface area contributed by atoms with E-state index in [1.54, 1.807) is 5.56 Å². The smallest absolute Gasteiger partial charge is 0.000685 e. The Bertz CT molecular complexity index is 1560. The third-order valence-electron chi connectivity index (χ3n) is 8.33. The highest BCUT2D eigenvalue weighted by atomic mass is 14.4. The number of rotatable bonds is 9. The van der Waals surface area contributed by atoms with Gasteiger partial charge in [0.25, 0.3) is 0 Å². The van der Waals surface area contributed by atoms with Crippen LogP contribution in [0.25, 0.3) is 44.5 Å². The minimum absolute atomic E-state index is 1.00. The van der Waals surface area contributed by atoms with E-state index in [2.05, 4.69) is 123 Å². The molecule has 1 aliphatic carbocycles. The van der Waals surface area contributed by atoms with Crippen LogP contribution in [0.1, 0.15) is 61.8 Å². The molecule has 0 bridgehead atoms. The molecule has 0 saturated heterocycles. The van der Waals surface area contributed by atoms with Crippen molar-refractivity contribution in [3.63, 3.8) is 0 Å². The Labute approximate surface area is 234 Å². The first kappa shape index (κ1) is 25.4. The average molecular weight is 507 g/mol. The van der Waals surface area contributed by atoms with E-state index in [0.29, 0.717) is 0 Å². The van der Waals surface area contributed by atoms with Crippen LogP contribution in [0, 0.1) is 0 Å². The lowest BCUT2D eigenvalue weighted by Crippen LogP contribution is -2.04.